The normalized spacial score (nSPS) is 13.5. The van der Waals surface area contributed by atoms with Crippen molar-refractivity contribution in [3.05, 3.63) is 307 Å². The molecule has 0 spiro atoms. The van der Waals surface area contributed by atoms with Crippen molar-refractivity contribution in [2.75, 3.05) is 0 Å². The molecule has 6 aromatic carbocycles. The number of aromatic nitrogens is 2. The van der Waals surface area contributed by atoms with Gasteiger partial charge in [-0.25, -0.2) is 19.2 Å². The van der Waals surface area contributed by atoms with Gasteiger partial charge in [-0.05, 0) is 210 Å². The van der Waals surface area contributed by atoms with E-state index in [0.29, 0.717) is 124 Å². The third-order valence-corrected chi connectivity index (χ3v) is 17.2. The van der Waals surface area contributed by atoms with Gasteiger partial charge >= 0.3 is 40.7 Å². The van der Waals surface area contributed by atoms with Crippen molar-refractivity contribution in [2.45, 2.75) is 123 Å². The third kappa shape index (κ3) is 16.3. The van der Waals surface area contributed by atoms with Gasteiger partial charge in [0, 0.05) is 59.7 Å². The first kappa shape index (κ1) is 74.9. The van der Waals surface area contributed by atoms with Gasteiger partial charge in [0.05, 0.1) is 53.7 Å². The molecular formula is C76H70CoN8O16. The van der Waals surface area contributed by atoms with Crippen LogP contribution in [-0.4, -0.2) is 55.0 Å². The predicted octanol–water partition coefficient (Wildman–Crippen LogP) is 15.3. The van der Waals surface area contributed by atoms with Gasteiger partial charge in [0.15, 0.2) is 0 Å². The number of allylic oxidation sites excluding steroid dienone is 2. The first-order valence-corrected chi connectivity index (χ1v) is 31.4. The number of nitro groups is 4. The Kier molecular flexibility index (Phi) is 23.3. The van der Waals surface area contributed by atoms with Crippen molar-refractivity contribution in [3.8, 4) is 0 Å². The standard InChI is InChI=1S/2C38H36N4O8.Co/c2*1-20-16-21(2)31(22(3)17-20)34(35-23(4)32(25(6)39-35)37(43)49-18-27-8-12-29(13-9-27)41(45)46)36-24(5)33(26(7)40-36)38(44)50-19-28-10-14-30(15-11-28)42(47)48;/h2*8-17H,18-19H2,1-7H3,(H,39,40,43,44);/q;;+2/p-2. The molecule has 0 fully saturated rings. The number of rotatable bonds is 20. The average molecular weight is 1410 g/mol. The molecule has 0 saturated heterocycles. The van der Waals surface area contributed by atoms with E-state index < -0.39 is 43.6 Å². The molecule has 1 radical (unpaired) electrons. The molecule has 2 aliphatic rings. The van der Waals surface area contributed by atoms with Gasteiger partial charge in [-0.15, -0.1) is 22.8 Å². The zero-order valence-corrected chi connectivity index (χ0v) is 58.9. The summed E-state index contributed by atoms with van der Waals surface area (Å²) >= 11 is 0. The first-order valence-electron chi connectivity index (χ1n) is 31.4. The monoisotopic (exact) mass is 1410 g/mol. The zero-order valence-electron chi connectivity index (χ0n) is 57.8. The number of carbonyl (C=O) groups is 4. The van der Waals surface area contributed by atoms with E-state index in [1.54, 1.807) is 55.4 Å². The van der Waals surface area contributed by atoms with Crippen LogP contribution in [0, 0.1) is 110 Å². The molecule has 519 valence electrons. The summed E-state index contributed by atoms with van der Waals surface area (Å²) < 4.78 is 22.5. The summed E-state index contributed by atoms with van der Waals surface area (Å²) in [5.74, 6) is -2.36. The Morgan fingerprint density at radius 2 is 0.604 bits per heavy atom. The average Bonchev–Trinajstić information content (AvgIpc) is 1.63. The van der Waals surface area contributed by atoms with Crippen LogP contribution in [0.5, 0.6) is 0 Å². The second kappa shape index (κ2) is 31.4. The summed E-state index contributed by atoms with van der Waals surface area (Å²) in [6, 6.07) is 31.3. The third-order valence-electron chi connectivity index (χ3n) is 17.2. The van der Waals surface area contributed by atoms with Gasteiger partial charge in [-0.3, -0.25) is 50.4 Å². The van der Waals surface area contributed by atoms with Crippen LogP contribution in [0.25, 0.3) is 11.1 Å². The number of hydrogen-bond acceptors (Lipinski definition) is 18. The molecule has 24 nitrogen and oxygen atoms in total. The Bertz CT molecular complexity index is 4580. The van der Waals surface area contributed by atoms with Crippen LogP contribution in [0.2, 0.25) is 0 Å². The molecule has 0 unspecified atom stereocenters. The van der Waals surface area contributed by atoms with Gasteiger partial charge in [-0.1, -0.05) is 60.4 Å². The number of hydrogen-bond donors (Lipinski definition) is 0. The molecule has 4 heterocycles. The van der Waals surface area contributed by atoms with E-state index in [-0.39, 0.29) is 66.0 Å². The first-order chi connectivity index (χ1) is 47.3. The van der Waals surface area contributed by atoms with Crippen molar-refractivity contribution in [2.24, 2.45) is 9.98 Å². The van der Waals surface area contributed by atoms with Gasteiger partial charge in [0.1, 0.15) is 26.4 Å². The molecule has 25 heteroatoms. The van der Waals surface area contributed by atoms with E-state index in [4.69, 9.17) is 38.9 Å². The van der Waals surface area contributed by atoms with Crippen molar-refractivity contribution in [1.82, 2.24) is 9.97 Å². The molecule has 0 bridgehead atoms. The largest absolute Gasteiger partial charge is 2.00 e. The number of nitro benzene ring substituents is 4. The van der Waals surface area contributed by atoms with Crippen LogP contribution >= 0.6 is 0 Å². The minimum atomic E-state index is -0.590. The number of ether oxygens (including phenoxy) is 4. The zero-order chi connectivity index (χ0) is 72.9. The van der Waals surface area contributed by atoms with E-state index in [1.165, 1.54) is 97.1 Å². The van der Waals surface area contributed by atoms with E-state index in [9.17, 15) is 59.6 Å². The van der Waals surface area contributed by atoms with E-state index in [1.807, 2.05) is 41.5 Å². The molecule has 0 atom stereocenters. The Morgan fingerprint density at radius 3 is 0.842 bits per heavy atom. The molecule has 0 aliphatic carbocycles. The van der Waals surface area contributed by atoms with Crippen LogP contribution in [-0.2, 0) is 71.7 Å². The van der Waals surface area contributed by atoms with Crippen molar-refractivity contribution in [1.29, 1.82) is 0 Å². The minimum Gasteiger partial charge on any atom is -0.660 e. The fourth-order valence-corrected chi connectivity index (χ4v) is 12.6. The van der Waals surface area contributed by atoms with Gasteiger partial charge in [-0.2, -0.15) is 0 Å². The maximum atomic E-state index is 13.5. The van der Waals surface area contributed by atoms with Crippen molar-refractivity contribution < 1.29 is 74.6 Å². The van der Waals surface area contributed by atoms with Gasteiger partial charge < -0.3 is 28.9 Å². The molecule has 8 aromatic rings. The van der Waals surface area contributed by atoms with Crippen LogP contribution in [0.3, 0.4) is 0 Å². The van der Waals surface area contributed by atoms with Crippen molar-refractivity contribution in [3.63, 3.8) is 0 Å². The summed E-state index contributed by atoms with van der Waals surface area (Å²) in [5.41, 5.74) is 18.6. The molecule has 0 N–H and O–H groups in total. The second-order valence-corrected chi connectivity index (χ2v) is 24.5. The summed E-state index contributed by atoms with van der Waals surface area (Å²) in [6.45, 7) is 25.7. The topological polar surface area (TPSA) is 331 Å². The van der Waals surface area contributed by atoms with Gasteiger partial charge in [0.2, 0.25) is 0 Å². The number of benzene rings is 6. The van der Waals surface area contributed by atoms with Gasteiger partial charge in [0.25, 0.3) is 22.7 Å². The number of aliphatic imine (C=N–C) groups is 2. The fraction of sp³-hybridized carbons (Fsp3) is 0.237. The van der Waals surface area contributed by atoms with Crippen LogP contribution in [0.4, 0.5) is 22.7 Å². The van der Waals surface area contributed by atoms with Crippen molar-refractivity contribution >= 4 is 69.2 Å². The summed E-state index contributed by atoms with van der Waals surface area (Å²) in [5, 5.41) is 44.0. The molecule has 101 heavy (non-hydrogen) atoms. The SMILES string of the molecule is CC1=N/C(=C(\c2[n-]c(C)c(C(=O)OCc3ccc([N+](=O)[O-])cc3)c2C)c2c(C)cc(C)cc2C)C(C)=C1C(=O)OCc1ccc([N+](=O)[O-])cc1.CC1=N/C(=C(\c2[n-]c(C)c(C(=O)OCc3ccc([N+](=O)[O-])cc3)c2C)c2c(C)cc(C)cc2C)C(C)=C1C(=O)OCc1ccc([N+](=O)[O-])cc1.[Co+2]. The molecule has 0 saturated carbocycles. The quantitative estimate of drug-likeness (QED) is 0.0296. The van der Waals surface area contributed by atoms with E-state index in [2.05, 4.69) is 24.3 Å². The minimum absolute atomic E-state index is 0. The maximum absolute atomic E-state index is 13.5. The number of aryl methyl sites for hydroxylation is 8. The van der Waals surface area contributed by atoms with Crippen LogP contribution < -0.4 is 9.97 Å². The summed E-state index contributed by atoms with van der Waals surface area (Å²) in [4.78, 5) is 116. The molecule has 2 aliphatic heterocycles. The predicted molar refractivity (Wildman–Crippen MR) is 374 cm³/mol. The van der Waals surface area contributed by atoms with Crippen LogP contribution in [0.15, 0.2) is 165 Å². The second-order valence-electron chi connectivity index (χ2n) is 24.5. The molecular weight excluding hydrogens is 1340 g/mol. The van der Waals surface area contributed by atoms with E-state index >= 15 is 0 Å². The smallest absolute Gasteiger partial charge is 0.660 e. The maximum Gasteiger partial charge on any atom is 2.00 e. The fourth-order valence-electron chi connectivity index (χ4n) is 12.6. The Hall–Kier alpha value is -11.8. The molecule has 2 aromatic heterocycles. The molecule has 10 rings (SSSR count). The van der Waals surface area contributed by atoms with E-state index in [0.717, 1.165) is 44.5 Å². The number of nitrogens with zero attached hydrogens (tertiary/aromatic N) is 8. The van der Waals surface area contributed by atoms with Crippen LogP contribution in [0.1, 0.15) is 149 Å². The summed E-state index contributed by atoms with van der Waals surface area (Å²) in [7, 11) is 0. The number of esters is 4. The number of non-ortho nitro benzene ring substituents is 4. The molecule has 0 amide bonds. The number of carbonyl (C=O) groups excluding carboxylic acids is 4. The Labute approximate surface area is 591 Å². The summed E-state index contributed by atoms with van der Waals surface area (Å²) in [6.07, 6.45) is 0. The Balaban J connectivity index is 0.000000254. The Morgan fingerprint density at radius 1 is 0.366 bits per heavy atom.